The number of hydrogen-bond acceptors (Lipinski definition) is 4. The second-order valence-electron chi connectivity index (χ2n) is 7.35. The van der Waals surface area contributed by atoms with Crippen LogP contribution in [-0.4, -0.2) is 62.0 Å². The Bertz CT molecular complexity index is 624. The fourth-order valence-electron chi connectivity index (χ4n) is 3.95. The van der Waals surface area contributed by atoms with Crippen LogP contribution in [0.3, 0.4) is 0 Å². The topological polar surface area (TPSA) is 61.9 Å². The number of methoxy groups -OCH3 is 1. The average Bonchev–Trinajstić information content (AvgIpc) is 3.03. The van der Waals surface area contributed by atoms with E-state index >= 15 is 0 Å². The van der Waals surface area contributed by atoms with Crippen molar-refractivity contribution < 1.29 is 14.3 Å². The van der Waals surface area contributed by atoms with Crippen molar-refractivity contribution in [2.45, 2.75) is 25.8 Å². The Kier molecular flexibility index (Phi) is 6.14. The van der Waals surface area contributed by atoms with Gasteiger partial charge in [-0.1, -0.05) is 12.1 Å². The van der Waals surface area contributed by atoms with Crippen LogP contribution in [0.5, 0.6) is 5.75 Å². The van der Waals surface area contributed by atoms with Gasteiger partial charge in [0.1, 0.15) is 5.75 Å². The number of carbonyl (C=O) groups is 2. The number of ether oxygens (including phenoxy) is 1. The van der Waals surface area contributed by atoms with E-state index in [1.807, 2.05) is 36.2 Å². The Hall–Kier alpha value is -2.08. The van der Waals surface area contributed by atoms with Gasteiger partial charge in [0.15, 0.2) is 0 Å². The molecule has 2 heterocycles. The van der Waals surface area contributed by atoms with Crippen molar-refractivity contribution in [2.75, 3.05) is 40.3 Å². The van der Waals surface area contributed by atoms with Gasteiger partial charge in [-0.2, -0.15) is 0 Å². The highest BCUT2D eigenvalue weighted by molar-refractivity contribution is 5.89. The molecule has 1 unspecified atom stereocenters. The maximum atomic E-state index is 12.8. The minimum absolute atomic E-state index is 0.0734. The number of rotatable bonds is 6. The summed E-state index contributed by atoms with van der Waals surface area (Å²) in [6.07, 6.45) is 2.43. The standard InChI is InChI=1S/C20H29N3O3/c1-21-12-15-7-9-22(10-8-15)20(25)17-11-19(24)23(14-17)13-16-3-5-18(26-2)6-4-16/h3-6,15,17,21H,7-14H2,1-2H3. The largest absolute Gasteiger partial charge is 0.497 e. The van der Waals surface area contributed by atoms with E-state index in [9.17, 15) is 9.59 Å². The van der Waals surface area contributed by atoms with E-state index in [0.717, 1.165) is 43.8 Å². The van der Waals surface area contributed by atoms with Crippen molar-refractivity contribution in [1.29, 1.82) is 0 Å². The lowest BCUT2D eigenvalue weighted by Gasteiger charge is -2.33. The number of nitrogens with zero attached hydrogens (tertiary/aromatic N) is 2. The molecule has 2 amide bonds. The molecule has 0 radical (unpaired) electrons. The third kappa shape index (κ3) is 4.36. The lowest BCUT2D eigenvalue weighted by molar-refractivity contribution is -0.137. The van der Waals surface area contributed by atoms with Crippen LogP contribution in [0.2, 0.25) is 0 Å². The lowest BCUT2D eigenvalue weighted by Crippen LogP contribution is -2.43. The average molecular weight is 359 g/mol. The number of likely N-dealkylation sites (tertiary alicyclic amines) is 2. The highest BCUT2D eigenvalue weighted by atomic mass is 16.5. The summed E-state index contributed by atoms with van der Waals surface area (Å²) in [6.45, 7) is 3.72. The molecule has 6 heteroatoms. The normalized spacial score (nSPS) is 21.3. The third-order valence-corrected chi connectivity index (χ3v) is 5.52. The van der Waals surface area contributed by atoms with E-state index in [2.05, 4.69) is 5.32 Å². The molecule has 142 valence electrons. The van der Waals surface area contributed by atoms with Crippen LogP contribution in [0.4, 0.5) is 0 Å². The van der Waals surface area contributed by atoms with Crippen LogP contribution in [0.15, 0.2) is 24.3 Å². The fraction of sp³-hybridized carbons (Fsp3) is 0.600. The summed E-state index contributed by atoms with van der Waals surface area (Å²) in [5.41, 5.74) is 1.06. The molecule has 0 saturated carbocycles. The highest BCUT2D eigenvalue weighted by Crippen LogP contribution is 2.25. The summed E-state index contributed by atoms with van der Waals surface area (Å²) >= 11 is 0. The van der Waals surface area contributed by atoms with E-state index in [1.54, 1.807) is 12.0 Å². The summed E-state index contributed by atoms with van der Waals surface area (Å²) in [7, 11) is 3.61. The molecule has 0 bridgehead atoms. The monoisotopic (exact) mass is 359 g/mol. The van der Waals surface area contributed by atoms with Crippen LogP contribution in [0.1, 0.15) is 24.8 Å². The number of nitrogens with one attached hydrogen (secondary N) is 1. The molecule has 26 heavy (non-hydrogen) atoms. The van der Waals surface area contributed by atoms with Crippen LogP contribution >= 0.6 is 0 Å². The zero-order valence-corrected chi connectivity index (χ0v) is 15.7. The van der Waals surface area contributed by atoms with Gasteiger partial charge in [0.25, 0.3) is 0 Å². The van der Waals surface area contributed by atoms with Gasteiger partial charge >= 0.3 is 0 Å². The van der Waals surface area contributed by atoms with Crippen LogP contribution in [0, 0.1) is 11.8 Å². The van der Waals surface area contributed by atoms with Crippen molar-refractivity contribution in [2.24, 2.45) is 11.8 Å². The number of benzene rings is 1. The molecule has 1 atom stereocenters. The molecule has 1 N–H and O–H groups in total. The smallest absolute Gasteiger partial charge is 0.227 e. The zero-order chi connectivity index (χ0) is 18.5. The molecule has 0 aliphatic carbocycles. The molecule has 0 spiro atoms. The maximum absolute atomic E-state index is 12.8. The van der Waals surface area contributed by atoms with Crippen molar-refractivity contribution in [3.05, 3.63) is 29.8 Å². The fourth-order valence-corrected chi connectivity index (χ4v) is 3.95. The summed E-state index contributed by atoms with van der Waals surface area (Å²) < 4.78 is 5.16. The Labute approximate surface area is 155 Å². The first-order valence-corrected chi connectivity index (χ1v) is 9.44. The molecule has 1 aromatic rings. The van der Waals surface area contributed by atoms with Gasteiger partial charge in [0.05, 0.1) is 13.0 Å². The van der Waals surface area contributed by atoms with Gasteiger partial charge in [-0.3, -0.25) is 9.59 Å². The minimum atomic E-state index is -0.193. The molecule has 2 aliphatic rings. The van der Waals surface area contributed by atoms with E-state index < -0.39 is 0 Å². The SMILES string of the molecule is CNCC1CCN(C(=O)C2CC(=O)N(Cc3ccc(OC)cc3)C2)CC1. The predicted octanol–water partition coefficient (Wildman–Crippen LogP) is 1.50. The zero-order valence-electron chi connectivity index (χ0n) is 15.7. The summed E-state index contributed by atoms with van der Waals surface area (Å²) in [6, 6.07) is 7.73. The molecule has 3 rings (SSSR count). The molecular weight excluding hydrogens is 330 g/mol. The Morgan fingerprint density at radius 2 is 1.92 bits per heavy atom. The van der Waals surface area contributed by atoms with E-state index in [0.29, 0.717) is 25.4 Å². The Morgan fingerprint density at radius 3 is 2.54 bits per heavy atom. The first-order valence-electron chi connectivity index (χ1n) is 9.44. The van der Waals surface area contributed by atoms with Gasteiger partial charge < -0.3 is 19.9 Å². The van der Waals surface area contributed by atoms with Gasteiger partial charge in [0, 0.05) is 32.6 Å². The van der Waals surface area contributed by atoms with Gasteiger partial charge in [0.2, 0.25) is 11.8 Å². The van der Waals surface area contributed by atoms with Crippen molar-refractivity contribution in [3.8, 4) is 5.75 Å². The van der Waals surface area contributed by atoms with E-state index in [1.165, 1.54) is 0 Å². The molecule has 1 aromatic carbocycles. The third-order valence-electron chi connectivity index (χ3n) is 5.52. The minimum Gasteiger partial charge on any atom is -0.497 e. The number of piperidine rings is 1. The first-order chi connectivity index (χ1) is 12.6. The molecule has 2 fully saturated rings. The van der Waals surface area contributed by atoms with Crippen molar-refractivity contribution in [3.63, 3.8) is 0 Å². The molecule has 2 aliphatic heterocycles. The van der Waals surface area contributed by atoms with Crippen molar-refractivity contribution in [1.82, 2.24) is 15.1 Å². The van der Waals surface area contributed by atoms with E-state index in [-0.39, 0.29) is 17.7 Å². The lowest BCUT2D eigenvalue weighted by atomic mass is 9.95. The summed E-state index contributed by atoms with van der Waals surface area (Å²) in [4.78, 5) is 28.9. The Balaban J connectivity index is 1.53. The quantitative estimate of drug-likeness (QED) is 0.836. The summed E-state index contributed by atoms with van der Waals surface area (Å²) in [5.74, 6) is 1.49. The number of amides is 2. The van der Waals surface area contributed by atoms with Crippen LogP contribution in [-0.2, 0) is 16.1 Å². The van der Waals surface area contributed by atoms with Gasteiger partial charge in [-0.25, -0.2) is 0 Å². The Morgan fingerprint density at radius 1 is 1.23 bits per heavy atom. The number of hydrogen-bond donors (Lipinski definition) is 1. The van der Waals surface area contributed by atoms with Crippen molar-refractivity contribution >= 4 is 11.8 Å². The van der Waals surface area contributed by atoms with Gasteiger partial charge in [-0.05, 0) is 50.0 Å². The first kappa shape index (κ1) is 18.7. The van der Waals surface area contributed by atoms with Gasteiger partial charge in [-0.15, -0.1) is 0 Å². The predicted molar refractivity (Wildman–Crippen MR) is 99.7 cm³/mol. The number of carbonyl (C=O) groups excluding carboxylic acids is 2. The maximum Gasteiger partial charge on any atom is 0.227 e. The second kappa shape index (κ2) is 8.54. The van der Waals surface area contributed by atoms with Crippen LogP contribution < -0.4 is 10.1 Å². The summed E-state index contributed by atoms with van der Waals surface area (Å²) in [5, 5.41) is 3.22. The second-order valence-corrected chi connectivity index (χ2v) is 7.35. The molecule has 6 nitrogen and oxygen atoms in total. The van der Waals surface area contributed by atoms with Crippen LogP contribution in [0.25, 0.3) is 0 Å². The van der Waals surface area contributed by atoms with E-state index in [4.69, 9.17) is 4.74 Å². The molecule has 0 aromatic heterocycles. The molecule has 2 saturated heterocycles. The highest BCUT2D eigenvalue weighted by Gasteiger charge is 2.37. The molecular formula is C20H29N3O3.